The number of nitro groups is 1. The first-order chi connectivity index (χ1) is 13.4. The Morgan fingerprint density at radius 3 is 1.82 bits per heavy atom. The first-order valence-electron chi connectivity index (χ1n) is 8.66. The van der Waals surface area contributed by atoms with Gasteiger partial charge in [-0.2, -0.15) is 0 Å². The third-order valence-corrected chi connectivity index (χ3v) is 6.38. The number of hydrogen-bond acceptors (Lipinski definition) is 5. The fraction of sp³-hybridized carbons (Fsp3) is 0.0909. The zero-order chi connectivity index (χ0) is 20.1. The maximum atomic E-state index is 11.1. The summed E-state index contributed by atoms with van der Waals surface area (Å²) in [6, 6.07) is 22.9. The van der Waals surface area contributed by atoms with Gasteiger partial charge in [0.25, 0.3) is 5.69 Å². The predicted molar refractivity (Wildman–Crippen MR) is 118 cm³/mol. The lowest BCUT2D eigenvalue weighted by atomic mass is 10.1. The van der Waals surface area contributed by atoms with Crippen molar-refractivity contribution >= 4 is 34.9 Å². The molecule has 28 heavy (non-hydrogen) atoms. The topological polar surface area (TPSA) is 69.2 Å². The average molecular weight is 409 g/mol. The zero-order valence-electron chi connectivity index (χ0n) is 15.6. The third-order valence-electron chi connectivity index (χ3n) is 4.05. The Hall–Kier alpha value is -2.70. The maximum absolute atomic E-state index is 11.1. The van der Waals surface area contributed by atoms with E-state index in [2.05, 4.69) is 48.5 Å². The van der Waals surface area contributed by atoms with E-state index in [1.165, 1.54) is 23.3 Å². The Morgan fingerprint density at radius 1 is 0.857 bits per heavy atom. The minimum atomic E-state index is -0.406. The number of nitrogens with zero attached hydrogens (tertiary/aromatic N) is 1. The number of aryl methyl sites for hydroxylation is 2. The molecule has 6 heteroatoms. The number of non-ortho nitro benzene ring substituents is 1. The van der Waals surface area contributed by atoms with Crippen molar-refractivity contribution in [1.29, 1.82) is 0 Å². The van der Waals surface area contributed by atoms with Crippen LogP contribution in [0.1, 0.15) is 16.7 Å². The summed E-state index contributed by atoms with van der Waals surface area (Å²) in [7, 11) is 0. The predicted octanol–water partition coefficient (Wildman–Crippen LogP) is 6.38. The van der Waals surface area contributed by atoms with Crippen LogP contribution >= 0.6 is 23.5 Å². The molecule has 0 saturated heterocycles. The van der Waals surface area contributed by atoms with Gasteiger partial charge in [0.2, 0.25) is 0 Å². The van der Waals surface area contributed by atoms with E-state index in [0.29, 0.717) is 11.3 Å². The normalized spacial score (nSPS) is 10.5. The van der Waals surface area contributed by atoms with Crippen LogP contribution in [-0.2, 0) is 0 Å². The molecule has 0 aliphatic heterocycles. The van der Waals surface area contributed by atoms with E-state index in [1.807, 2.05) is 13.8 Å². The first-order valence-corrected chi connectivity index (χ1v) is 10.3. The molecule has 0 aromatic heterocycles. The smallest absolute Gasteiger partial charge is 0.270 e. The van der Waals surface area contributed by atoms with E-state index in [1.54, 1.807) is 35.7 Å². The molecule has 0 saturated carbocycles. The largest absolute Gasteiger partial charge is 0.397 e. The van der Waals surface area contributed by atoms with Gasteiger partial charge >= 0.3 is 0 Å². The van der Waals surface area contributed by atoms with Crippen molar-refractivity contribution in [2.75, 3.05) is 0 Å². The minimum Gasteiger partial charge on any atom is -0.397 e. The lowest BCUT2D eigenvalue weighted by Crippen LogP contribution is -2.00. The molecule has 0 aliphatic carbocycles. The number of benzene rings is 3. The lowest BCUT2D eigenvalue weighted by Gasteiger charge is -2.12. The molecule has 0 aliphatic rings. The molecule has 0 radical (unpaired) electrons. The maximum Gasteiger partial charge on any atom is 0.270 e. The molecule has 3 aromatic rings. The van der Waals surface area contributed by atoms with Crippen molar-refractivity contribution in [3.63, 3.8) is 0 Å². The molecule has 0 spiro atoms. The van der Waals surface area contributed by atoms with Gasteiger partial charge in [0.05, 0.1) is 14.9 Å². The number of rotatable bonds is 6. The SMILES string of the molecule is Cc1ccc(SC(Sc2ccc(C)cc2)=C(N)c2cccc([N+](=O)[O-])c2)cc1. The summed E-state index contributed by atoms with van der Waals surface area (Å²) >= 11 is 3.12. The number of hydrogen-bond donors (Lipinski definition) is 1. The summed E-state index contributed by atoms with van der Waals surface area (Å²) in [6.07, 6.45) is 0. The van der Waals surface area contributed by atoms with Gasteiger partial charge < -0.3 is 5.73 Å². The van der Waals surface area contributed by atoms with E-state index in [0.717, 1.165) is 14.0 Å². The van der Waals surface area contributed by atoms with Crippen molar-refractivity contribution < 1.29 is 4.92 Å². The van der Waals surface area contributed by atoms with Gasteiger partial charge in [-0.15, -0.1) is 0 Å². The van der Waals surface area contributed by atoms with Gasteiger partial charge in [0.15, 0.2) is 0 Å². The molecule has 2 N–H and O–H groups in total. The van der Waals surface area contributed by atoms with E-state index < -0.39 is 4.92 Å². The Morgan fingerprint density at radius 2 is 1.36 bits per heavy atom. The van der Waals surface area contributed by atoms with Gasteiger partial charge in [-0.25, -0.2) is 0 Å². The lowest BCUT2D eigenvalue weighted by molar-refractivity contribution is -0.384. The Balaban J connectivity index is 2.01. The van der Waals surface area contributed by atoms with Crippen LogP contribution in [0.4, 0.5) is 5.69 Å². The van der Waals surface area contributed by atoms with Gasteiger partial charge in [0, 0.05) is 27.5 Å². The summed E-state index contributed by atoms with van der Waals surface area (Å²) in [4.78, 5) is 12.9. The molecule has 4 nitrogen and oxygen atoms in total. The molecule has 0 amide bonds. The summed E-state index contributed by atoms with van der Waals surface area (Å²) in [6.45, 7) is 4.09. The second-order valence-electron chi connectivity index (χ2n) is 6.34. The fourth-order valence-corrected chi connectivity index (χ4v) is 4.63. The molecular weight excluding hydrogens is 388 g/mol. The molecule has 3 aromatic carbocycles. The van der Waals surface area contributed by atoms with Crippen molar-refractivity contribution in [3.8, 4) is 0 Å². The minimum absolute atomic E-state index is 0.0282. The first kappa shape index (κ1) is 20.0. The summed E-state index contributed by atoms with van der Waals surface area (Å²) in [5, 5.41) is 11.1. The summed E-state index contributed by atoms with van der Waals surface area (Å²) in [5.41, 5.74) is 10.1. The molecule has 3 rings (SSSR count). The standard InChI is InChI=1S/C22H20N2O2S2/c1-15-6-10-19(11-7-15)27-22(28-20-12-8-16(2)9-13-20)21(23)17-4-3-5-18(14-17)24(25)26/h3-14H,23H2,1-2H3. The van der Waals surface area contributed by atoms with Crippen molar-refractivity contribution in [2.45, 2.75) is 23.6 Å². The van der Waals surface area contributed by atoms with Crippen LogP contribution in [0, 0.1) is 24.0 Å². The van der Waals surface area contributed by atoms with E-state index in [-0.39, 0.29) is 5.69 Å². The quantitative estimate of drug-likeness (QED) is 0.291. The average Bonchev–Trinajstić information content (AvgIpc) is 2.70. The van der Waals surface area contributed by atoms with Crippen LogP contribution < -0.4 is 5.73 Å². The van der Waals surface area contributed by atoms with Crippen molar-refractivity contribution in [3.05, 3.63) is 104 Å². The molecular formula is C22H20N2O2S2. The molecule has 0 unspecified atom stereocenters. The van der Waals surface area contributed by atoms with Crippen LogP contribution in [-0.4, -0.2) is 4.92 Å². The van der Waals surface area contributed by atoms with Crippen molar-refractivity contribution in [1.82, 2.24) is 0 Å². The Labute approximate surface area is 173 Å². The number of nitro benzene ring substituents is 1. The van der Waals surface area contributed by atoms with Crippen LogP contribution in [0.15, 0.2) is 86.8 Å². The highest BCUT2D eigenvalue weighted by atomic mass is 32.2. The highest BCUT2D eigenvalue weighted by Gasteiger charge is 2.14. The Kier molecular flexibility index (Phi) is 6.44. The molecule has 142 valence electrons. The van der Waals surface area contributed by atoms with E-state index in [4.69, 9.17) is 5.73 Å². The van der Waals surface area contributed by atoms with E-state index >= 15 is 0 Å². The van der Waals surface area contributed by atoms with Crippen molar-refractivity contribution in [2.24, 2.45) is 5.73 Å². The van der Waals surface area contributed by atoms with Gasteiger partial charge in [-0.1, -0.05) is 71.0 Å². The van der Waals surface area contributed by atoms with Gasteiger partial charge in [0.1, 0.15) is 0 Å². The highest BCUT2D eigenvalue weighted by molar-refractivity contribution is 8.22. The third kappa shape index (κ3) is 5.18. The number of nitrogens with two attached hydrogens (primary N) is 1. The van der Waals surface area contributed by atoms with Crippen LogP contribution in [0.3, 0.4) is 0 Å². The van der Waals surface area contributed by atoms with Gasteiger partial charge in [-0.05, 0) is 38.1 Å². The molecule has 0 bridgehead atoms. The molecule has 0 heterocycles. The monoisotopic (exact) mass is 408 g/mol. The molecule has 0 atom stereocenters. The summed E-state index contributed by atoms with van der Waals surface area (Å²) < 4.78 is 0.883. The van der Waals surface area contributed by atoms with Crippen LogP contribution in [0.5, 0.6) is 0 Å². The zero-order valence-corrected chi connectivity index (χ0v) is 17.2. The second-order valence-corrected chi connectivity index (χ2v) is 8.76. The molecule has 0 fully saturated rings. The number of thioether (sulfide) groups is 2. The Bertz CT molecular complexity index is 964. The summed E-state index contributed by atoms with van der Waals surface area (Å²) in [5.74, 6) is 0. The van der Waals surface area contributed by atoms with E-state index in [9.17, 15) is 10.1 Å². The second kappa shape index (κ2) is 8.99. The van der Waals surface area contributed by atoms with Gasteiger partial charge in [-0.3, -0.25) is 10.1 Å². The highest BCUT2D eigenvalue weighted by Crippen LogP contribution is 2.42. The fourth-order valence-electron chi connectivity index (χ4n) is 2.46. The van der Waals surface area contributed by atoms with Crippen LogP contribution in [0.25, 0.3) is 5.70 Å². The van der Waals surface area contributed by atoms with Crippen LogP contribution in [0.2, 0.25) is 0 Å².